The summed E-state index contributed by atoms with van der Waals surface area (Å²) < 4.78 is 0. The van der Waals surface area contributed by atoms with E-state index < -0.39 is 6.10 Å². The highest BCUT2D eigenvalue weighted by molar-refractivity contribution is 6.10. The van der Waals surface area contributed by atoms with Crippen molar-refractivity contribution in [3.8, 4) is 0 Å². The first-order valence-corrected chi connectivity index (χ1v) is 12.8. The van der Waals surface area contributed by atoms with Gasteiger partial charge in [-0.05, 0) is 90.1 Å². The number of ketones is 1. The summed E-state index contributed by atoms with van der Waals surface area (Å²) in [5, 5.41) is 24.9. The topological polar surface area (TPSA) is 69.9 Å². The van der Waals surface area contributed by atoms with E-state index >= 15 is 0 Å². The van der Waals surface area contributed by atoms with E-state index in [-0.39, 0.29) is 22.5 Å². The van der Waals surface area contributed by atoms with Crippen LogP contribution in [0.15, 0.2) is 16.8 Å². The largest absolute Gasteiger partial charge is 0.411 e. The lowest BCUT2D eigenvalue weighted by Gasteiger charge is -2.59. The minimum atomic E-state index is -0.764. The Morgan fingerprint density at radius 1 is 1.10 bits per heavy atom. The van der Waals surface area contributed by atoms with E-state index in [1.165, 1.54) is 38.5 Å². The second-order valence-electron chi connectivity index (χ2n) is 12.2. The number of aliphatic hydroxyl groups is 1. The van der Waals surface area contributed by atoms with Crippen molar-refractivity contribution in [2.24, 2.45) is 51.5 Å². The molecule has 0 aromatic carbocycles. The summed E-state index contributed by atoms with van der Waals surface area (Å²) in [7, 11) is 0. The first-order valence-electron chi connectivity index (χ1n) is 12.8. The number of hydrogen-bond acceptors (Lipinski definition) is 4. The molecule has 8 atom stereocenters. The molecule has 0 amide bonds. The van der Waals surface area contributed by atoms with Gasteiger partial charge in [-0.2, -0.15) is 0 Å². The molecular weight excluding hydrogens is 386 g/mol. The SMILES string of the molecule is CC(C)CCC[C@@H](C)[C@H]1CC[C@H]2[C@@H]3[C@H](O)/C(=N\O)C4=CC(=O)CC[C@]4(C)[C@H]3CC[C@]12C. The van der Waals surface area contributed by atoms with E-state index in [1.807, 2.05) is 0 Å². The molecule has 0 unspecified atom stereocenters. The number of carbonyl (C=O) groups excluding carboxylic acids is 1. The van der Waals surface area contributed by atoms with Gasteiger partial charge in [-0.15, -0.1) is 0 Å². The maximum absolute atomic E-state index is 12.2. The van der Waals surface area contributed by atoms with Crippen LogP contribution in [-0.4, -0.2) is 27.9 Å². The van der Waals surface area contributed by atoms with E-state index in [2.05, 4.69) is 39.8 Å². The van der Waals surface area contributed by atoms with Gasteiger partial charge in [0.25, 0.3) is 0 Å². The van der Waals surface area contributed by atoms with Gasteiger partial charge in [-0.1, -0.05) is 59.0 Å². The van der Waals surface area contributed by atoms with Crippen LogP contribution in [0.5, 0.6) is 0 Å². The molecule has 4 heteroatoms. The summed E-state index contributed by atoms with van der Waals surface area (Å²) in [6, 6.07) is 0. The van der Waals surface area contributed by atoms with Crippen molar-refractivity contribution in [1.82, 2.24) is 0 Å². The predicted molar refractivity (Wildman–Crippen MR) is 124 cm³/mol. The average molecular weight is 430 g/mol. The Kier molecular flexibility index (Phi) is 6.17. The second kappa shape index (κ2) is 8.32. The third kappa shape index (κ3) is 3.61. The number of fused-ring (bicyclic) bond motifs is 5. The number of rotatable bonds is 5. The van der Waals surface area contributed by atoms with Gasteiger partial charge in [-0.3, -0.25) is 4.79 Å². The molecule has 174 valence electrons. The zero-order chi connectivity index (χ0) is 22.6. The number of aliphatic hydroxyl groups excluding tert-OH is 1. The Morgan fingerprint density at radius 3 is 2.52 bits per heavy atom. The van der Waals surface area contributed by atoms with Crippen LogP contribution < -0.4 is 0 Å². The number of carbonyl (C=O) groups is 1. The molecule has 31 heavy (non-hydrogen) atoms. The van der Waals surface area contributed by atoms with Crippen molar-refractivity contribution in [3.05, 3.63) is 11.6 Å². The van der Waals surface area contributed by atoms with Crippen LogP contribution in [0, 0.1) is 46.3 Å². The third-order valence-corrected chi connectivity index (χ3v) is 10.2. The van der Waals surface area contributed by atoms with Gasteiger partial charge in [-0.25, -0.2) is 0 Å². The minimum absolute atomic E-state index is 0.0936. The van der Waals surface area contributed by atoms with Crippen LogP contribution in [0.1, 0.15) is 92.4 Å². The monoisotopic (exact) mass is 429 g/mol. The molecule has 0 heterocycles. The van der Waals surface area contributed by atoms with Crippen molar-refractivity contribution >= 4 is 11.5 Å². The highest BCUT2D eigenvalue weighted by atomic mass is 16.4. The smallest absolute Gasteiger partial charge is 0.156 e. The molecule has 0 aliphatic heterocycles. The van der Waals surface area contributed by atoms with E-state index in [0.717, 1.165) is 30.3 Å². The summed E-state index contributed by atoms with van der Waals surface area (Å²) in [6.07, 6.45) is 10.9. The summed E-state index contributed by atoms with van der Waals surface area (Å²) in [5.74, 6) is 3.25. The fraction of sp³-hybridized carbons (Fsp3) is 0.852. The molecule has 4 aliphatic carbocycles. The molecule has 2 N–H and O–H groups in total. The lowest BCUT2D eigenvalue weighted by molar-refractivity contribution is -0.118. The molecule has 4 rings (SSSR count). The highest BCUT2D eigenvalue weighted by Gasteiger charge is 2.63. The standard InChI is InChI=1S/C27H43NO3/c1-16(2)7-6-8-17(3)19-9-10-20-23-21(12-14-26(19,20)4)27(5)13-11-18(29)15-22(27)24(28-31)25(23)30/h15-17,19-21,23,25,30-31H,6-14H2,1-5H3/b28-24-/t17-,19-,20+,21+,23+,25+,26-,27-/m1/s1. The molecule has 4 aliphatic rings. The van der Waals surface area contributed by atoms with Crippen molar-refractivity contribution in [2.75, 3.05) is 0 Å². The van der Waals surface area contributed by atoms with Crippen LogP contribution in [0.4, 0.5) is 0 Å². The van der Waals surface area contributed by atoms with E-state index in [0.29, 0.717) is 29.9 Å². The van der Waals surface area contributed by atoms with Gasteiger partial charge in [0.15, 0.2) is 5.78 Å². The lowest BCUT2D eigenvalue weighted by atomic mass is 9.45. The Bertz CT molecular complexity index is 770. The molecule has 0 spiro atoms. The van der Waals surface area contributed by atoms with Crippen LogP contribution >= 0.6 is 0 Å². The van der Waals surface area contributed by atoms with E-state index in [1.54, 1.807) is 6.08 Å². The van der Waals surface area contributed by atoms with Gasteiger partial charge in [0.1, 0.15) is 11.8 Å². The second-order valence-corrected chi connectivity index (χ2v) is 12.2. The molecule has 0 aromatic rings. The first-order chi connectivity index (χ1) is 14.6. The van der Waals surface area contributed by atoms with E-state index in [4.69, 9.17) is 0 Å². The van der Waals surface area contributed by atoms with E-state index in [9.17, 15) is 15.1 Å². The fourth-order valence-corrected chi connectivity index (χ4v) is 8.52. The lowest BCUT2D eigenvalue weighted by Crippen LogP contribution is -2.59. The van der Waals surface area contributed by atoms with Crippen molar-refractivity contribution < 1.29 is 15.1 Å². The predicted octanol–water partition coefficient (Wildman–Crippen LogP) is 6.01. The molecule has 3 fully saturated rings. The Hall–Kier alpha value is -1.16. The third-order valence-electron chi connectivity index (χ3n) is 10.2. The summed E-state index contributed by atoms with van der Waals surface area (Å²) in [6.45, 7) is 11.8. The molecule has 4 nitrogen and oxygen atoms in total. The molecule has 0 aromatic heterocycles. The molecule has 0 bridgehead atoms. The molecule has 3 saturated carbocycles. The summed E-state index contributed by atoms with van der Waals surface area (Å²) >= 11 is 0. The number of oxime groups is 1. The average Bonchev–Trinajstić information content (AvgIpc) is 3.06. The number of nitrogens with zero attached hydrogens (tertiary/aromatic N) is 1. The highest BCUT2D eigenvalue weighted by Crippen LogP contribution is 2.67. The van der Waals surface area contributed by atoms with Gasteiger partial charge < -0.3 is 10.3 Å². The number of hydrogen-bond donors (Lipinski definition) is 2. The van der Waals surface area contributed by atoms with Gasteiger partial charge >= 0.3 is 0 Å². The molecule has 0 saturated heterocycles. The van der Waals surface area contributed by atoms with Crippen LogP contribution in [0.25, 0.3) is 0 Å². The Morgan fingerprint density at radius 2 is 1.84 bits per heavy atom. The summed E-state index contributed by atoms with van der Waals surface area (Å²) in [5.41, 5.74) is 1.26. The summed E-state index contributed by atoms with van der Waals surface area (Å²) in [4.78, 5) is 12.2. The van der Waals surface area contributed by atoms with Crippen LogP contribution in [0.2, 0.25) is 0 Å². The quantitative estimate of drug-likeness (QED) is 0.415. The first kappa shape index (κ1) is 23.0. The Labute approximate surface area is 188 Å². The van der Waals surface area contributed by atoms with Crippen LogP contribution in [-0.2, 0) is 4.79 Å². The van der Waals surface area contributed by atoms with Crippen molar-refractivity contribution in [3.63, 3.8) is 0 Å². The fourth-order valence-electron chi connectivity index (χ4n) is 8.52. The minimum Gasteiger partial charge on any atom is -0.411 e. The maximum atomic E-state index is 12.2. The Balaban J connectivity index is 1.61. The van der Waals surface area contributed by atoms with Gasteiger partial charge in [0.05, 0.1) is 0 Å². The molecule has 0 radical (unpaired) electrons. The maximum Gasteiger partial charge on any atom is 0.156 e. The zero-order valence-electron chi connectivity index (χ0n) is 20.2. The van der Waals surface area contributed by atoms with Crippen molar-refractivity contribution in [1.29, 1.82) is 0 Å². The molecular formula is C27H43NO3. The zero-order valence-corrected chi connectivity index (χ0v) is 20.2. The van der Waals surface area contributed by atoms with Crippen LogP contribution in [0.3, 0.4) is 0 Å². The van der Waals surface area contributed by atoms with Gasteiger partial charge in [0.2, 0.25) is 0 Å². The van der Waals surface area contributed by atoms with Crippen molar-refractivity contribution in [2.45, 2.75) is 98.5 Å². The van der Waals surface area contributed by atoms with Gasteiger partial charge in [0, 0.05) is 6.42 Å². The normalized spacial score (nSPS) is 44.6.